The van der Waals surface area contributed by atoms with Gasteiger partial charge in [-0.2, -0.15) is 5.26 Å². The van der Waals surface area contributed by atoms with Gasteiger partial charge in [0, 0.05) is 48.0 Å². The topological polar surface area (TPSA) is 115 Å². The number of hydrogen-bond acceptors (Lipinski definition) is 7. The van der Waals surface area contributed by atoms with Crippen LogP contribution in [-0.2, 0) is 0 Å². The lowest BCUT2D eigenvalue weighted by atomic mass is 10.1. The number of H-pyrrole nitrogens is 1. The molecule has 32 heavy (non-hydrogen) atoms. The monoisotopic (exact) mass is 464 g/mol. The number of rotatable bonds is 7. The fourth-order valence-electron chi connectivity index (χ4n) is 3.07. The van der Waals surface area contributed by atoms with Crippen molar-refractivity contribution in [3.05, 3.63) is 70.2 Å². The number of halogens is 2. The smallest absolute Gasteiger partial charge is 0.223 e. The van der Waals surface area contributed by atoms with E-state index in [0.717, 1.165) is 16.8 Å². The second-order valence-corrected chi connectivity index (χ2v) is 7.70. The number of nitrogens with one attached hydrogen (secondary N) is 3. The normalized spacial score (nSPS) is 10.6. The molecule has 0 saturated heterocycles. The summed E-state index contributed by atoms with van der Waals surface area (Å²) in [7, 11) is 0. The van der Waals surface area contributed by atoms with Gasteiger partial charge in [0.2, 0.25) is 5.95 Å². The molecule has 1 aromatic carbocycles. The van der Waals surface area contributed by atoms with Crippen LogP contribution in [0, 0.1) is 18.3 Å². The van der Waals surface area contributed by atoms with Gasteiger partial charge in [-0.3, -0.25) is 0 Å². The van der Waals surface area contributed by atoms with Gasteiger partial charge in [0.25, 0.3) is 0 Å². The van der Waals surface area contributed by atoms with E-state index in [1.54, 1.807) is 42.9 Å². The number of nitriles is 1. The number of anilines is 2. The molecule has 0 spiro atoms. The molecule has 0 aliphatic carbocycles. The predicted molar refractivity (Wildman–Crippen MR) is 126 cm³/mol. The van der Waals surface area contributed by atoms with E-state index in [0.29, 0.717) is 52.0 Å². The maximum Gasteiger partial charge on any atom is 0.223 e. The summed E-state index contributed by atoms with van der Waals surface area (Å²) in [6, 6.07) is 10.8. The molecule has 0 bridgehead atoms. The minimum Gasteiger partial charge on any atom is -0.367 e. The first-order chi connectivity index (χ1) is 15.5. The van der Waals surface area contributed by atoms with Crippen molar-refractivity contribution in [3.63, 3.8) is 0 Å². The van der Waals surface area contributed by atoms with Gasteiger partial charge in [0.1, 0.15) is 17.7 Å². The number of aromatic amines is 1. The molecule has 0 fully saturated rings. The third-order valence-electron chi connectivity index (χ3n) is 4.56. The molecule has 0 saturated carbocycles. The van der Waals surface area contributed by atoms with E-state index < -0.39 is 0 Å². The Labute approximate surface area is 194 Å². The molecule has 10 heteroatoms. The van der Waals surface area contributed by atoms with Gasteiger partial charge in [-0.15, -0.1) is 0 Å². The van der Waals surface area contributed by atoms with Crippen LogP contribution in [-0.4, -0.2) is 38.0 Å². The molecule has 3 aromatic heterocycles. The summed E-state index contributed by atoms with van der Waals surface area (Å²) < 4.78 is 0. The Hall–Kier alpha value is -3.67. The number of imidazole rings is 1. The summed E-state index contributed by atoms with van der Waals surface area (Å²) in [5.74, 6) is 1.62. The van der Waals surface area contributed by atoms with Gasteiger partial charge in [-0.25, -0.2) is 19.9 Å². The number of benzene rings is 1. The molecular weight excluding hydrogens is 447 g/mol. The van der Waals surface area contributed by atoms with E-state index in [9.17, 15) is 0 Å². The summed E-state index contributed by atoms with van der Waals surface area (Å²) in [6.45, 7) is 2.95. The zero-order valence-corrected chi connectivity index (χ0v) is 18.5. The Morgan fingerprint density at radius 2 is 1.88 bits per heavy atom. The van der Waals surface area contributed by atoms with Crippen molar-refractivity contribution in [2.75, 3.05) is 23.7 Å². The van der Waals surface area contributed by atoms with Crippen LogP contribution in [0.3, 0.4) is 0 Å². The van der Waals surface area contributed by atoms with Crippen molar-refractivity contribution in [2.45, 2.75) is 6.92 Å². The van der Waals surface area contributed by atoms with Crippen LogP contribution in [0.2, 0.25) is 10.0 Å². The SMILES string of the molecule is Cc1cnc(-c2cnc(NCCNc3ncccc3C#N)nc2-c2ccc(Cl)cc2Cl)[nH]1. The van der Waals surface area contributed by atoms with Gasteiger partial charge >= 0.3 is 0 Å². The molecule has 0 atom stereocenters. The first-order valence-electron chi connectivity index (χ1n) is 9.72. The summed E-state index contributed by atoms with van der Waals surface area (Å²) in [5, 5.41) is 16.5. The largest absolute Gasteiger partial charge is 0.367 e. The van der Waals surface area contributed by atoms with Gasteiger partial charge in [0.15, 0.2) is 0 Å². The van der Waals surface area contributed by atoms with E-state index in [1.165, 1.54) is 0 Å². The highest BCUT2D eigenvalue weighted by molar-refractivity contribution is 6.36. The van der Waals surface area contributed by atoms with Crippen molar-refractivity contribution in [2.24, 2.45) is 0 Å². The van der Waals surface area contributed by atoms with Crippen molar-refractivity contribution in [1.29, 1.82) is 5.26 Å². The molecule has 8 nitrogen and oxygen atoms in total. The van der Waals surface area contributed by atoms with E-state index >= 15 is 0 Å². The van der Waals surface area contributed by atoms with Crippen LogP contribution in [0.1, 0.15) is 11.3 Å². The maximum absolute atomic E-state index is 9.16. The van der Waals surface area contributed by atoms with Crippen molar-refractivity contribution >= 4 is 35.0 Å². The molecule has 0 amide bonds. The van der Waals surface area contributed by atoms with Crippen LogP contribution in [0.5, 0.6) is 0 Å². The Bertz CT molecular complexity index is 1300. The van der Waals surface area contributed by atoms with E-state index in [4.69, 9.17) is 33.4 Å². The molecule has 3 heterocycles. The number of nitrogens with zero attached hydrogens (tertiary/aromatic N) is 5. The summed E-state index contributed by atoms with van der Waals surface area (Å²) in [5.41, 5.74) is 3.48. The van der Waals surface area contributed by atoms with Crippen LogP contribution in [0.15, 0.2) is 48.9 Å². The zero-order valence-electron chi connectivity index (χ0n) is 17.0. The fourth-order valence-corrected chi connectivity index (χ4v) is 3.57. The Morgan fingerprint density at radius 1 is 1.03 bits per heavy atom. The second-order valence-electron chi connectivity index (χ2n) is 6.86. The van der Waals surface area contributed by atoms with Crippen LogP contribution < -0.4 is 10.6 Å². The Kier molecular flexibility index (Phi) is 6.50. The van der Waals surface area contributed by atoms with Crippen molar-refractivity contribution in [3.8, 4) is 28.7 Å². The fraction of sp³-hybridized carbons (Fsp3) is 0.136. The number of aromatic nitrogens is 5. The number of aryl methyl sites for hydroxylation is 1. The molecule has 3 N–H and O–H groups in total. The van der Waals surface area contributed by atoms with Gasteiger partial charge in [0.05, 0.1) is 21.8 Å². The Balaban J connectivity index is 1.57. The van der Waals surface area contributed by atoms with E-state index in [2.05, 4.69) is 36.6 Å². The zero-order chi connectivity index (χ0) is 22.5. The maximum atomic E-state index is 9.16. The number of hydrogen-bond donors (Lipinski definition) is 3. The summed E-state index contributed by atoms with van der Waals surface area (Å²) in [6.07, 6.45) is 5.08. The van der Waals surface area contributed by atoms with E-state index in [-0.39, 0.29) is 0 Å². The summed E-state index contributed by atoms with van der Waals surface area (Å²) in [4.78, 5) is 20.9. The lowest BCUT2D eigenvalue weighted by Crippen LogP contribution is -2.16. The second kappa shape index (κ2) is 9.64. The Morgan fingerprint density at radius 3 is 2.62 bits per heavy atom. The first-order valence-corrected chi connectivity index (χ1v) is 10.5. The van der Waals surface area contributed by atoms with Gasteiger partial charge < -0.3 is 15.6 Å². The third-order valence-corrected chi connectivity index (χ3v) is 5.11. The first kappa shape index (κ1) is 21.6. The average molecular weight is 465 g/mol. The van der Waals surface area contributed by atoms with Gasteiger partial charge in [-0.05, 0) is 37.3 Å². The lowest BCUT2D eigenvalue weighted by molar-refractivity contribution is 1.02. The summed E-state index contributed by atoms with van der Waals surface area (Å²) >= 11 is 12.5. The third kappa shape index (κ3) is 4.80. The predicted octanol–water partition coefficient (Wildman–Crippen LogP) is 4.94. The molecule has 160 valence electrons. The van der Waals surface area contributed by atoms with Gasteiger partial charge in [-0.1, -0.05) is 23.2 Å². The minimum atomic E-state index is 0.432. The standard InChI is InChI=1S/C22H18Cl2N8/c1-13-11-29-21(31-13)17-12-30-22(32-19(17)16-5-4-15(23)9-18(16)24)28-8-7-27-20-14(10-25)3-2-6-26-20/h2-6,9,11-12H,7-8H2,1H3,(H,26,27)(H,29,31)(H,28,30,32). The molecule has 0 unspecified atom stereocenters. The quantitative estimate of drug-likeness (QED) is 0.331. The van der Waals surface area contributed by atoms with Crippen LogP contribution >= 0.6 is 23.2 Å². The van der Waals surface area contributed by atoms with Crippen molar-refractivity contribution < 1.29 is 0 Å². The highest BCUT2D eigenvalue weighted by atomic mass is 35.5. The van der Waals surface area contributed by atoms with Crippen LogP contribution in [0.25, 0.3) is 22.6 Å². The molecule has 4 rings (SSSR count). The van der Waals surface area contributed by atoms with Crippen LogP contribution in [0.4, 0.5) is 11.8 Å². The van der Waals surface area contributed by atoms with E-state index in [1.807, 2.05) is 13.0 Å². The highest BCUT2D eigenvalue weighted by Crippen LogP contribution is 2.35. The molecule has 4 aromatic rings. The molecule has 0 aliphatic heterocycles. The molecule has 0 radical (unpaired) electrons. The minimum absolute atomic E-state index is 0.432. The lowest BCUT2D eigenvalue weighted by Gasteiger charge is -2.12. The average Bonchev–Trinajstić information content (AvgIpc) is 3.23. The molecule has 0 aliphatic rings. The number of pyridine rings is 1. The van der Waals surface area contributed by atoms with Crippen molar-refractivity contribution in [1.82, 2.24) is 24.9 Å². The molecular formula is C22H18Cl2N8. The highest BCUT2D eigenvalue weighted by Gasteiger charge is 2.16.